The lowest BCUT2D eigenvalue weighted by Gasteiger charge is -2.09. The number of benzene rings is 2. The van der Waals surface area contributed by atoms with Gasteiger partial charge in [0.15, 0.2) is 6.61 Å². The number of hydrogen-bond acceptors (Lipinski definition) is 4. The zero-order valence-electron chi connectivity index (χ0n) is 13.3. The Morgan fingerprint density at radius 1 is 0.840 bits per heavy atom. The lowest BCUT2D eigenvalue weighted by Crippen LogP contribution is -2.43. The van der Waals surface area contributed by atoms with Crippen LogP contribution in [0.4, 0.5) is 0 Å². The monoisotopic (exact) mass is 352 g/mol. The van der Waals surface area contributed by atoms with Crippen LogP contribution in [-0.4, -0.2) is 18.4 Å². The highest BCUT2D eigenvalue weighted by atomic mass is 32.1. The van der Waals surface area contributed by atoms with Crippen LogP contribution in [0.2, 0.25) is 0 Å². The quantitative estimate of drug-likeness (QED) is 0.693. The van der Waals surface area contributed by atoms with Crippen molar-refractivity contribution in [1.82, 2.24) is 10.9 Å². The molecule has 0 spiro atoms. The first-order chi connectivity index (χ1) is 12.2. The molecule has 0 aliphatic carbocycles. The zero-order chi connectivity index (χ0) is 17.5. The van der Waals surface area contributed by atoms with Crippen molar-refractivity contribution in [2.75, 3.05) is 6.61 Å². The Hall–Kier alpha value is -3.12. The Balaban J connectivity index is 1.46. The minimum Gasteiger partial charge on any atom is -0.484 e. The first kappa shape index (κ1) is 16.7. The van der Waals surface area contributed by atoms with E-state index in [4.69, 9.17) is 4.74 Å². The van der Waals surface area contributed by atoms with Crippen LogP contribution in [0, 0.1) is 0 Å². The van der Waals surface area contributed by atoms with Gasteiger partial charge in [0, 0.05) is 0 Å². The Kier molecular flexibility index (Phi) is 5.43. The highest BCUT2D eigenvalue weighted by Gasteiger charge is 2.08. The summed E-state index contributed by atoms with van der Waals surface area (Å²) in [6.45, 7) is -0.185. The summed E-state index contributed by atoms with van der Waals surface area (Å²) >= 11 is 1.30. The van der Waals surface area contributed by atoms with Gasteiger partial charge in [-0.1, -0.05) is 48.5 Å². The average molecular weight is 352 g/mol. The molecule has 25 heavy (non-hydrogen) atoms. The van der Waals surface area contributed by atoms with Crippen molar-refractivity contribution in [2.24, 2.45) is 0 Å². The predicted molar refractivity (Wildman–Crippen MR) is 97.3 cm³/mol. The summed E-state index contributed by atoms with van der Waals surface area (Å²) in [5.74, 6) is -0.202. The van der Waals surface area contributed by atoms with Gasteiger partial charge in [0.25, 0.3) is 11.8 Å². The molecule has 0 saturated heterocycles. The minimum atomic E-state index is -0.433. The molecular weight excluding hydrogens is 336 g/mol. The summed E-state index contributed by atoms with van der Waals surface area (Å²) in [4.78, 5) is 24.0. The third-order valence-electron chi connectivity index (χ3n) is 3.39. The smallest absolute Gasteiger partial charge is 0.279 e. The average Bonchev–Trinajstić information content (AvgIpc) is 3.20. The second kappa shape index (κ2) is 8.12. The van der Waals surface area contributed by atoms with E-state index in [1.165, 1.54) is 11.3 Å². The summed E-state index contributed by atoms with van der Waals surface area (Å²) in [6.07, 6.45) is 0. The molecule has 0 aliphatic heterocycles. The summed E-state index contributed by atoms with van der Waals surface area (Å²) in [5, 5.41) is 1.79. The maximum atomic E-state index is 11.7. The van der Waals surface area contributed by atoms with Gasteiger partial charge in [0.05, 0.1) is 4.88 Å². The molecule has 1 aromatic heterocycles. The molecule has 0 aliphatic rings. The number of nitrogens with one attached hydrogen (secondary N) is 2. The van der Waals surface area contributed by atoms with E-state index in [0.717, 1.165) is 11.1 Å². The van der Waals surface area contributed by atoms with Crippen LogP contribution < -0.4 is 15.6 Å². The highest BCUT2D eigenvalue weighted by molar-refractivity contribution is 7.12. The third-order valence-corrected chi connectivity index (χ3v) is 4.26. The molecule has 126 valence electrons. The number of thiophene rings is 1. The second-order valence-electron chi connectivity index (χ2n) is 5.16. The molecule has 0 atom stereocenters. The molecule has 2 amide bonds. The molecule has 0 bridgehead atoms. The fraction of sp³-hybridized carbons (Fsp3) is 0.0526. The minimum absolute atomic E-state index is 0.185. The van der Waals surface area contributed by atoms with Crippen LogP contribution in [0.1, 0.15) is 9.67 Å². The Morgan fingerprint density at radius 3 is 2.24 bits per heavy atom. The van der Waals surface area contributed by atoms with Crippen molar-refractivity contribution >= 4 is 23.2 Å². The topological polar surface area (TPSA) is 67.4 Å². The van der Waals surface area contributed by atoms with Crippen molar-refractivity contribution in [2.45, 2.75) is 0 Å². The molecule has 0 radical (unpaired) electrons. The van der Waals surface area contributed by atoms with E-state index in [2.05, 4.69) is 10.9 Å². The zero-order valence-corrected chi connectivity index (χ0v) is 14.1. The second-order valence-corrected chi connectivity index (χ2v) is 6.11. The molecule has 6 heteroatoms. The molecule has 0 unspecified atom stereocenters. The molecule has 2 aromatic carbocycles. The lowest BCUT2D eigenvalue weighted by atomic mass is 10.1. The molecule has 2 N–H and O–H groups in total. The summed E-state index contributed by atoms with van der Waals surface area (Å²) in [5.41, 5.74) is 6.85. The van der Waals surface area contributed by atoms with Gasteiger partial charge in [-0.15, -0.1) is 11.3 Å². The van der Waals surface area contributed by atoms with Gasteiger partial charge in [0.2, 0.25) is 0 Å². The van der Waals surface area contributed by atoms with Crippen molar-refractivity contribution < 1.29 is 14.3 Å². The SMILES string of the molecule is O=C(COc1ccc(-c2ccccc2)cc1)NNC(=O)c1cccs1. The molecule has 3 aromatic rings. The predicted octanol–water partition coefficient (Wildman–Crippen LogP) is 3.26. The first-order valence-electron chi connectivity index (χ1n) is 7.63. The fourth-order valence-electron chi connectivity index (χ4n) is 2.16. The van der Waals surface area contributed by atoms with Crippen LogP contribution in [-0.2, 0) is 4.79 Å². The van der Waals surface area contributed by atoms with E-state index in [-0.39, 0.29) is 12.5 Å². The molecule has 0 fully saturated rings. The maximum Gasteiger partial charge on any atom is 0.279 e. The first-order valence-corrected chi connectivity index (χ1v) is 8.51. The third kappa shape index (κ3) is 4.68. The van der Waals surface area contributed by atoms with E-state index in [1.54, 1.807) is 29.6 Å². The van der Waals surface area contributed by atoms with Crippen LogP contribution >= 0.6 is 11.3 Å². The summed E-state index contributed by atoms with van der Waals surface area (Å²) in [7, 11) is 0. The highest BCUT2D eigenvalue weighted by Crippen LogP contribution is 2.21. The van der Waals surface area contributed by atoms with Gasteiger partial charge in [-0.2, -0.15) is 0 Å². The number of ether oxygens (including phenoxy) is 1. The molecule has 5 nitrogen and oxygen atoms in total. The number of hydrogen-bond donors (Lipinski definition) is 2. The summed E-state index contributed by atoms with van der Waals surface area (Å²) in [6, 6.07) is 20.9. The van der Waals surface area contributed by atoms with Crippen LogP contribution in [0.25, 0.3) is 11.1 Å². The van der Waals surface area contributed by atoms with Gasteiger partial charge in [-0.05, 0) is 34.7 Å². The van der Waals surface area contributed by atoms with Crippen LogP contribution in [0.3, 0.4) is 0 Å². The lowest BCUT2D eigenvalue weighted by molar-refractivity contribution is -0.123. The van der Waals surface area contributed by atoms with Crippen molar-refractivity contribution in [3.05, 3.63) is 77.0 Å². The van der Waals surface area contributed by atoms with E-state index in [1.807, 2.05) is 42.5 Å². The molecular formula is C19H16N2O3S. The molecule has 3 rings (SSSR count). The standard InChI is InChI=1S/C19H16N2O3S/c22-18(20-21-19(23)17-7-4-12-25-17)13-24-16-10-8-15(9-11-16)14-5-2-1-3-6-14/h1-12H,13H2,(H,20,22)(H,21,23). The largest absolute Gasteiger partial charge is 0.484 e. The normalized spacial score (nSPS) is 10.1. The number of rotatable bonds is 5. The van der Waals surface area contributed by atoms with Gasteiger partial charge >= 0.3 is 0 Å². The van der Waals surface area contributed by atoms with Crippen molar-refractivity contribution in [1.29, 1.82) is 0 Å². The molecule has 0 saturated carbocycles. The Labute approximate surface area is 149 Å². The van der Waals surface area contributed by atoms with Gasteiger partial charge in [0.1, 0.15) is 5.75 Å². The fourth-order valence-corrected chi connectivity index (χ4v) is 2.77. The number of amides is 2. The van der Waals surface area contributed by atoms with Crippen LogP contribution in [0.15, 0.2) is 72.1 Å². The number of hydrazine groups is 1. The Morgan fingerprint density at radius 2 is 1.56 bits per heavy atom. The maximum absolute atomic E-state index is 11.7. The van der Waals surface area contributed by atoms with E-state index < -0.39 is 5.91 Å². The molecule has 1 heterocycles. The van der Waals surface area contributed by atoms with Gasteiger partial charge in [-0.25, -0.2) is 0 Å². The number of carbonyl (C=O) groups excluding carboxylic acids is 2. The van der Waals surface area contributed by atoms with E-state index >= 15 is 0 Å². The van der Waals surface area contributed by atoms with Gasteiger partial charge in [-0.3, -0.25) is 20.4 Å². The van der Waals surface area contributed by atoms with Crippen LogP contribution in [0.5, 0.6) is 5.75 Å². The van der Waals surface area contributed by atoms with Crippen molar-refractivity contribution in [3.63, 3.8) is 0 Å². The van der Waals surface area contributed by atoms with E-state index in [9.17, 15) is 9.59 Å². The van der Waals surface area contributed by atoms with Crippen molar-refractivity contribution in [3.8, 4) is 16.9 Å². The van der Waals surface area contributed by atoms with Gasteiger partial charge < -0.3 is 4.74 Å². The number of carbonyl (C=O) groups is 2. The summed E-state index contributed by atoms with van der Waals surface area (Å²) < 4.78 is 5.42. The Bertz CT molecular complexity index is 831. The van der Waals surface area contributed by atoms with E-state index in [0.29, 0.717) is 10.6 Å².